The van der Waals surface area contributed by atoms with Crippen molar-refractivity contribution in [1.29, 1.82) is 0 Å². The van der Waals surface area contributed by atoms with Gasteiger partial charge in [0, 0.05) is 31.4 Å². The lowest BCUT2D eigenvalue weighted by Crippen LogP contribution is -2.22. The van der Waals surface area contributed by atoms with Gasteiger partial charge >= 0.3 is 0 Å². The molecule has 1 aliphatic carbocycles. The van der Waals surface area contributed by atoms with Crippen molar-refractivity contribution in [2.45, 2.75) is 25.3 Å². The van der Waals surface area contributed by atoms with E-state index in [0.717, 1.165) is 48.6 Å². The minimum atomic E-state index is 0.392. The topological polar surface area (TPSA) is 47.8 Å². The maximum Gasteiger partial charge on any atom is 0.161 e. The van der Waals surface area contributed by atoms with Crippen LogP contribution in [-0.2, 0) is 12.8 Å². The second-order valence-electron chi connectivity index (χ2n) is 6.69. The molecule has 1 aliphatic heterocycles. The first-order valence-corrected chi connectivity index (χ1v) is 8.95. The average Bonchev–Trinajstić information content (AvgIpc) is 3.23. The number of fused-ring (bicyclic) bond motifs is 3. The number of imidazole rings is 1. The molecule has 1 aromatic carbocycles. The van der Waals surface area contributed by atoms with E-state index in [4.69, 9.17) is 9.47 Å². The van der Waals surface area contributed by atoms with E-state index >= 15 is 0 Å². The number of nitrogens with zero attached hydrogens (tertiary/aromatic N) is 2. The molecule has 25 heavy (non-hydrogen) atoms. The SMILES string of the molecule is c1ccn2cc(CCN[C@H]3CCc4cc5c(cc43)OCCO5)nc2c1. The van der Waals surface area contributed by atoms with Gasteiger partial charge in [-0.15, -0.1) is 0 Å². The number of rotatable bonds is 4. The zero-order valence-electron chi connectivity index (χ0n) is 14.1. The van der Waals surface area contributed by atoms with E-state index < -0.39 is 0 Å². The molecule has 2 aromatic heterocycles. The second-order valence-corrected chi connectivity index (χ2v) is 6.69. The molecule has 0 amide bonds. The molecule has 3 heterocycles. The molecule has 5 nitrogen and oxygen atoms in total. The van der Waals surface area contributed by atoms with Gasteiger partial charge in [-0.2, -0.15) is 0 Å². The Labute approximate surface area is 146 Å². The van der Waals surface area contributed by atoms with E-state index in [1.807, 2.05) is 24.4 Å². The van der Waals surface area contributed by atoms with Gasteiger partial charge in [-0.05, 0) is 48.2 Å². The molecular weight excluding hydrogens is 314 g/mol. The molecule has 0 bridgehead atoms. The van der Waals surface area contributed by atoms with Crippen LogP contribution in [0, 0.1) is 0 Å². The van der Waals surface area contributed by atoms with Gasteiger partial charge in [-0.3, -0.25) is 0 Å². The van der Waals surface area contributed by atoms with Crippen molar-refractivity contribution < 1.29 is 9.47 Å². The maximum atomic E-state index is 5.74. The van der Waals surface area contributed by atoms with Gasteiger partial charge in [0.05, 0.1) is 5.69 Å². The first-order chi connectivity index (χ1) is 12.4. The monoisotopic (exact) mass is 335 g/mol. The quantitative estimate of drug-likeness (QED) is 0.796. The summed E-state index contributed by atoms with van der Waals surface area (Å²) in [4.78, 5) is 4.67. The summed E-state index contributed by atoms with van der Waals surface area (Å²) in [5.41, 5.74) is 4.88. The number of pyridine rings is 1. The van der Waals surface area contributed by atoms with Crippen LogP contribution in [0.1, 0.15) is 29.3 Å². The number of hydrogen-bond acceptors (Lipinski definition) is 4. The van der Waals surface area contributed by atoms with Crippen molar-refractivity contribution in [3.63, 3.8) is 0 Å². The Morgan fingerprint density at radius 1 is 1.16 bits per heavy atom. The smallest absolute Gasteiger partial charge is 0.161 e. The number of aryl methyl sites for hydroxylation is 1. The number of ether oxygens (including phenoxy) is 2. The highest BCUT2D eigenvalue weighted by atomic mass is 16.6. The third-order valence-electron chi connectivity index (χ3n) is 5.07. The number of hydrogen-bond donors (Lipinski definition) is 1. The lowest BCUT2D eigenvalue weighted by molar-refractivity contribution is 0.171. The van der Waals surface area contributed by atoms with Crippen molar-refractivity contribution >= 4 is 5.65 Å². The highest BCUT2D eigenvalue weighted by Gasteiger charge is 2.25. The van der Waals surface area contributed by atoms with Crippen LogP contribution in [0.25, 0.3) is 5.65 Å². The van der Waals surface area contributed by atoms with E-state index in [0.29, 0.717) is 19.3 Å². The van der Waals surface area contributed by atoms with E-state index in [1.54, 1.807) is 0 Å². The van der Waals surface area contributed by atoms with Crippen LogP contribution in [0.5, 0.6) is 11.5 Å². The van der Waals surface area contributed by atoms with Crippen LogP contribution in [0.2, 0.25) is 0 Å². The number of benzene rings is 1. The average molecular weight is 335 g/mol. The second kappa shape index (κ2) is 6.08. The molecule has 2 aliphatic rings. The summed E-state index contributed by atoms with van der Waals surface area (Å²) in [6.07, 6.45) is 7.30. The van der Waals surface area contributed by atoms with Gasteiger partial charge in [0.1, 0.15) is 18.9 Å². The van der Waals surface area contributed by atoms with Gasteiger partial charge in [-0.25, -0.2) is 4.98 Å². The van der Waals surface area contributed by atoms with Crippen molar-refractivity contribution in [1.82, 2.24) is 14.7 Å². The maximum absolute atomic E-state index is 5.74. The molecule has 0 saturated carbocycles. The molecule has 0 unspecified atom stereocenters. The van der Waals surface area contributed by atoms with Crippen molar-refractivity contribution in [3.05, 3.63) is 59.5 Å². The molecule has 5 heteroatoms. The summed E-state index contributed by atoms with van der Waals surface area (Å²) in [6, 6.07) is 10.8. The normalized spacial score (nSPS) is 18.5. The Morgan fingerprint density at radius 3 is 2.92 bits per heavy atom. The molecule has 5 rings (SSSR count). The van der Waals surface area contributed by atoms with Gasteiger partial charge in [0.2, 0.25) is 0 Å². The Morgan fingerprint density at radius 2 is 2.04 bits per heavy atom. The third-order valence-corrected chi connectivity index (χ3v) is 5.07. The zero-order valence-corrected chi connectivity index (χ0v) is 14.1. The van der Waals surface area contributed by atoms with Gasteiger partial charge in [0.15, 0.2) is 11.5 Å². The Balaban J connectivity index is 1.27. The first kappa shape index (κ1) is 14.8. The Bertz CT molecular complexity index is 885. The standard InChI is InChI=1S/C20H21N3O2/c1-2-8-23-13-15(22-20(23)3-1)6-7-21-17-5-4-14-11-18-19(12-16(14)17)25-10-9-24-18/h1-3,8,11-13,17,21H,4-7,9-10H2/t17-/m0/s1. The Hall–Kier alpha value is -2.53. The lowest BCUT2D eigenvalue weighted by Gasteiger charge is -2.21. The predicted octanol–water partition coefficient (Wildman–Crippen LogP) is 2.93. The van der Waals surface area contributed by atoms with E-state index in [1.165, 1.54) is 11.1 Å². The molecule has 1 atom stereocenters. The molecule has 3 aromatic rings. The summed E-state index contributed by atoms with van der Waals surface area (Å²) in [7, 11) is 0. The third kappa shape index (κ3) is 2.74. The van der Waals surface area contributed by atoms with Crippen molar-refractivity contribution in [2.24, 2.45) is 0 Å². The van der Waals surface area contributed by atoms with Crippen LogP contribution in [0.15, 0.2) is 42.7 Å². The van der Waals surface area contributed by atoms with E-state index in [9.17, 15) is 0 Å². The zero-order chi connectivity index (χ0) is 16.6. The van der Waals surface area contributed by atoms with Crippen LogP contribution >= 0.6 is 0 Å². The van der Waals surface area contributed by atoms with Crippen LogP contribution < -0.4 is 14.8 Å². The molecule has 0 saturated heterocycles. The molecule has 0 fully saturated rings. The molecule has 0 radical (unpaired) electrons. The lowest BCUT2D eigenvalue weighted by atomic mass is 10.1. The fourth-order valence-electron chi connectivity index (χ4n) is 3.84. The fourth-order valence-corrected chi connectivity index (χ4v) is 3.84. The van der Waals surface area contributed by atoms with Gasteiger partial charge in [0.25, 0.3) is 0 Å². The molecule has 1 N–H and O–H groups in total. The van der Waals surface area contributed by atoms with E-state index in [2.05, 4.69) is 33.0 Å². The molecule has 128 valence electrons. The number of nitrogens with one attached hydrogen (secondary N) is 1. The van der Waals surface area contributed by atoms with Crippen LogP contribution in [0.3, 0.4) is 0 Å². The summed E-state index contributed by atoms with van der Waals surface area (Å²) < 4.78 is 13.5. The van der Waals surface area contributed by atoms with Crippen LogP contribution in [-0.4, -0.2) is 29.1 Å². The van der Waals surface area contributed by atoms with Gasteiger partial charge in [-0.1, -0.05) is 6.07 Å². The first-order valence-electron chi connectivity index (χ1n) is 8.95. The minimum absolute atomic E-state index is 0.392. The fraction of sp³-hybridized carbons (Fsp3) is 0.350. The summed E-state index contributed by atoms with van der Waals surface area (Å²) in [5, 5.41) is 3.69. The largest absolute Gasteiger partial charge is 0.486 e. The van der Waals surface area contributed by atoms with Crippen molar-refractivity contribution in [3.8, 4) is 11.5 Å². The minimum Gasteiger partial charge on any atom is -0.486 e. The van der Waals surface area contributed by atoms with Crippen LogP contribution in [0.4, 0.5) is 0 Å². The summed E-state index contributed by atoms with van der Waals surface area (Å²) in [6.45, 7) is 2.20. The number of aromatic nitrogens is 2. The highest BCUT2D eigenvalue weighted by Crippen LogP contribution is 2.40. The predicted molar refractivity (Wildman–Crippen MR) is 95.4 cm³/mol. The summed E-state index contributed by atoms with van der Waals surface area (Å²) in [5.74, 6) is 1.79. The molecule has 0 spiro atoms. The van der Waals surface area contributed by atoms with Gasteiger partial charge < -0.3 is 19.2 Å². The highest BCUT2D eigenvalue weighted by molar-refractivity contribution is 5.51. The molecular formula is C20H21N3O2. The Kier molecular flexibility index (Phi) is 3.59. The summed E-state index contributed by atoms with van der Waals surface area (Å²) >= 11 is 0. The van der Waals surface area contributed by atoms with Crippen molar-refractivity contribution in [2.75, 3.05) is 19.8 Å². The van der Waals surface area contributed by atoms with E-state index in [-0.39, 0.29) is 0 Å².